The van der Waals surface area contributed by atoms with Crippen molar-refractivity contribution in [3.63, 3.8) is 0 Å². The van der Waals surface area contributed by atoms with Crippen molar-refractivity contribution in [1.82, 2.24) is 24.4 Å². The molecule has 1 aliphatic heterocycles. The number of hydrogen-bond donors (Lipinski definition) is 1. The van der Waals surface area contributed by atoms with Gasteiger partial charge in [-0.2, -0.15) is 0 Å². The van der Waals surface area contributed by atoms with E-state index in [9.17, 15) is 4.39 Å². The average Bonchev–Trinajstić information content (AvgIpc) is 3.52. The van der Waals surface area contributed by atoms with E-state index in [-0.39, 0.29) is 11.9 Å². The number of imidazole rings is 1. The number of aromatic nitrogens is 4. The second kappa shape index (κ2) is 12.4. The van der Waals surface area contributed by atoms with Gasteiger partial charge in [-0.05, 0) is 61.4 Å². The molecule has 0 unspecified atom stereocenters. The highest BCUT2D eigenvalue weighted by Gasteiger charge is 2.32. The summed E-state index contributed by atoms with van der Waals surface area (Å²) in [7, 11) is 3.42. The zero-order valence-corrected chi connectivity index (χ0v) is 22.7. The number of nitrogens with one attached hydrogen (secondary N) is 1. The fourth-order valence-corrected chi connectivity index (χ4v) is 5.22. The lowest BCUT2D eigenvalue weighted by Gasteiger charge is -2.27. The SMILES string of the molecule is CCNc1nccc(-c2c(-c3ccc(F)cc3)nc3n2[C@H](CN(CCOC)Cc2cccc(OC)c2)CC3)n1. The standard InChI is InChI=1S/C30H35FN6O2/c1-4-32-30-33-15-14-26(34-30)29-28(22-8-10-23(31)11-9-22)35-27-13-12-24(37(27)29)20-36(16-17-38-2)19-21-6-5-7-25(18-21)39-3/h5-11,14-15,18,24H,4,12-13,16-17,19-20H2,1-3H3,(H,32,33,34)/t24-/m0/s1. The number of benzene rings is 2. The van der Waals surface area contributed by atoms with Crippen LogP contribution in [0.15, 0.2) is 60.8 Å². The lowest BCUT2D eigenvalue weighted by Crippen LogP contribution is -2.32. The molecule has 0 aliphatic carbocycles. The molecule has 0 amide bonds. The number of rotatable bonds is 12. The van der Waals surface area contributed by atoms with Crippen LogP contribution in [0.5, 0.6) is 5.75 Å². The van der Waals surface area contributed by atoms with Gasteiger partial charge in [-0.25, -0.2) is 19.3 Å². The van der Waals surface area contributed by atoms with Crippen LogP contribution in [-0.4, -0.2) is 64.9 Å². The van der Waals surface area contributed by atoms with Crippen molar-refractivity contribution in [2.24, 2.45) is 0 Å². The fourth-order valence-electron chi connectivity index (χ4n) is 5.22. The molecule has 4 aromatic rings. The van der Waals surface area contributed by atoms with E-state index in [4.69, 9.17) is 19.4 Å². The molecule has 39 heavy (non-hydrogen) atoms. The highest BCUT2D eigenvalue weighted by Crippen LogP contribution is 2.39. The molecule has 0 radical (unpaired) electrons. The molecule has 8 nitrogen and oxygen atoms in total. The van der Waals surface area contributed by atoms with E-state index >= 15 is 0 Å². The maximum absolute atomic E-state index is 13.8. The van der Waals surface area contributed by atoms with E-state index in [1.54, 1.807) is 32.5 Å². The number of nitrogens with zero attached hydrogens (tertiary/aromatic N) is 5. The van der Waals surface area contributed by atoms with E-state index in [0.29, 0.717) is 12.6 Å². The Labute approximate surface area is 228 Å². The molecule has 0 saturated carbocycles. The summed E-state index contributed by atoms with van der Waals surface area (Å²) in [6, 6.07) is 16.8. The number of methoxy groups -OCH3 is 2. The van der Waals surface area contributed by atoms with Crippen molar-refractivity contribution in [2.45, 2.75) is 32.4 Å². The predicted octanol–water partition coefficient (Wildman–Crippen LogP) is 5.22. The molecule has 0 fully saturated rings. The second-order valence-electron chi connectivity index (χ2n) is 9.67. The molecule has 5 rings (SSSR count). The molecule has 2 aromatic heterocycles. The largest absolute Gasteiger partial charge is 0.497 e. The number of fused-ring (bicyclic) bond motifs is 1. The molecular formula is C30H35FN6O2. The van der Waals surface area contributed by atoms with Crippen LogP contribution < -0.4 is 10.1 Å². The van der Waals surface area contributed by atoms with Gasteiger partial charge in [0.15, 0.2) is 0 Å². The lowest BCUT2D eigenvalue weighted by atomic mass is 10.1. The summed E-state index contributed by atoms with van der Waals surface area (Å²) in [5.74, 6) is 2.17. The third-order valence-electron chi connectivity index (χ3n) is 7.02. The molecule has 0 spiro atoms. The average molecular weight is 531 g/mol. The Kier molecular flexibility index (Phi) is 8.48. The van der Waals surface area contributed by atoms with E-state index in [2.05, 4.69) is 31.9 Å². The summed E-state index contributed by atoms with van der Waals surface area (Å²) in [5.41, 5.74) is 4.60. The Bertz CT molecular complexity index is 1390. The minimum atomic E-state index is -0.271. The highest BCUT2D eigenvalue weighted by atomic mass is 19.1. The first-order chi connectivity index (χ1) is 19.1. The van der Waals surface area contributed by atoms with Crippen LogP contribution in [0, 0.1) is 5.82 Å². The molecule has 2 aromatic carbocycles. The van der Waals surface area contributed by atoms with Gasteiger partial charge in [0, 0.05) is 57.5 Å². The van der Waals surface area contributed by atoms with Crippen molar-refractivity contribution in [3.8, 4) is 28.4 Å². The van der Waals surface area contributed by atoms with Crippen molar-refractivity contribution in [2.75, 3.05) is 45.8 Å². The zero-order valence-electron chi connectivity index (χ0n) is 22.7. The van der Waals surface area contributed by atoms with Crippen molar-refractivity contribution in [3.05, 3.63) is 78.0 Å². The Morgan fingerprint density at radius 1 is 1.10 bits per heavy atom. The zero-order chi connectivity index (χ0) is 27.2. The molecule has 9 heteroatoms. The van der Waals surface area contributed by atoms with Crippen LogP contribution in [-0.2, 0) is 17.7 Å². The molecule has 0 saturated heterocycles. The Morgan fingerprint density at radius 2 is 1.95 bits per heavy atom. The first-order valence-electron chi connectivity index (χ1n) is 13.4. The Morgan fingerprint density at radius 3 is 2.72 bits per heavy atom. The summed E-state index contributed by atoms with van der Waals surface area (Å²) in [6.45, 7) is 5.78. The fraction of sp³-hybridized carbons (Fsp3) is 0.367. The van der Waals surface area contributed by atoms with Gasteiger partial charge in [-0.15, -0.1) is 0 Å². The van der Waals surface area contributed by atoms with Crippen molar-refractivity contribution < 1.29 is 13.9 Å². The molecule has 0 bridgehead atoms. The van der Waals surface area contributed by atoms with Gasteiger partial charge in [0.1, 0.15) is 17.4 Å². The summed E-state index contributed by atoms with van der Waals surface area (Å²) in [6.07, 6.45) is 3.61. The summed E-state index contributed by atoms with van der Waals surface area (Å²) in [4.78, 5) is 16.7. The summed E-state index contributed by atoms with van der Waals surface area (Å²) in [5, 5.41) is 3.21. The van der Waals surface area contributed by atoms with Gasteiger partial charge >= 0.3 is 0 Å². The van der Waals surface area contributed by atoms with Gasteiger partial charge in [-0.3, -0.25) is 4.90 Å². The van der Waals surface area contributed by atoms with Crippen LogP contribution >= 0.6 is 0 Å². The first-order valence-corrected chi connectivity index (χ1v) is 13.4. The van der Waals surface area contributed by atoms with E-state index in [0.717, 1.165) is 73.2 Å². The van der Waals surface area contributed by atoms with E-state index in [1.807, 2.05) is 25.1 Å². The third-order valence-corrected chi connectivity index (χ3v) is 7.02. The van der Waals surface area contributed by atoms with Gasteiger partial charge in [-0.1, -0.05) is 12.1 Å². The minimum Gasteiger partial charge on any atom is -0.497 e. The lowest BCUT2D eigenvalue weighted by molar-refractivity contribution is 0.134. The van der Waals surface area contributed by atoms with Gasteiger partial charge < -0.3 is 19.4 Å². The normalized spacial score (nSPS) is 14.5. The third kappa shape index (κ3) is 6.10. The predicted molar refractivity (Wildman–Crippen MR) is 150 cm³/mol. The topological polar surface area (TPSA) is 77.3 Å². The van der Waals surface area contributed by atoms with Crippen LogP contribution in [0.4, 0.5) is 10.3 Å². The molecule has 1 atom stereocenters. The van der Waals surface area contributed by atoms with E-state index < -0.39 is 0 Å². The summed E-state index contributed by atoms with van der Waals surface area (Å²) >= 11 is 0. The highest BCUT2D eigenvalue weighted by molar-refractivity contribution is 5.78. The maximum atomic E-state index is 13.8. The van der Waals surface area contributed by atoms with E-state index in [1.165, 1.54) is 17.7 Å². The second-order valence-corrected chi connectivity index (χ2v) is 9.67. The Hall–Kier alpha value is -3.82. The molecular weight excluding hydrogens is 495 g/mol. The molecule has 1 aliphatic rings. The van der Waals surface area contributed by atoms with Gasteiger partial charge in [0.05, 0.1) is 30.8 Å². The van der Waals surface area contributed by atoms with Crippen LogP contribution in [0.1, 0.15) is 30.8 Å². The number of aryl methyl sites for hydroxylation is 1. The maximum Gasteiger partial charge on any atom is 0.223 e. The van der Waals surface area contributed by atoms with Crippen LogP contribution in [0.2, 0.25) is 0 Å². The van der Waals surface area contributed by atoms with Crippen molar-refractivity contribution >= 4 is 5.95 Å². The monoisotopic (exact) mass is 530 g/mol. The number of ether oxygens (including phenoxy) is 2. The Balaban J connectivity index is 1.52. The molecule has 1 N–H and O–H groups in total. The smallest absolute Gasteiger partial charge is 0.223 e. The number of halogens is 1. The summed E-state index contributed by atoms with van der Waals surface area (Å²) < 4.78 is 27.0. The molecule has 3 heterocycles. The first kappa shape index (κ1) is 26.8. The van der Waals surface area contributed by atoms with Crippen LogP contribution in [0.25, 0.3) is 22.6 Å². The quantitative estimate of drug-likeness (QED) is 0.269. The minimum absolute atomic E-state index is 0.191. The van der Waals surface area contributed by atoms with Gasteiger partial charge in [0.25, 0.3) is 0 Å². The molecule has 204 valence electrons. The van der Waals surface area contributed by atoms with Crippen LogP contribution in [0.3, 0.4) is 0 Å². The number of hydrogen-bond acceptors (Lipinski definition) is 7. The number of anilines is 1. The van der Waals surface area contributed by atoms with Crippen molar-refractivity contribution in [1.29, 1.82) is 0 Å². The van der Waals surface area contributed by atoms with Gasteiger partial charge in [0.2, 0.25) is 5.95 Å².